The van der Waals surface area contributed by atoms with Gasteiger partial charge in [0.25, 0.3) is 0 Å². The van der Waals surface area contributed by atoms with Gasteiger partial charge in [0.1, 0.15) is 11.4 Å². The Morgan fingerprint density at radius 2 is 2.31 bits per heavy atom. The van der Waals surface area contributed by atoms with E-state index in [1.54, 1.807) is 18.2 Å². The molecule has 0 aliphatic heterocycles. The predicted molar refractivity (Wildman–Crippen MR) is 60.0 cm³/mol. The highest BCUT2D eigenvalue weighted by Crippen LogP contribution is 2.24. The van der Waals surface area contributed by atoms with Gasteiger partial charge in [-0.3, -0.25) is 4.79 Å². The van der Waals surface area contributed by atoms with Crippen molar-refractivity contribution >= 4 is 17.4 Å². The SMILES string of the molecule is COc1cc(Cl)ccc1C(=O)c1cnc[nH]1. The van der Waals surface area contributed by atoms with Crippen molar-refractivity contribution in [2.45, 2.75) is 0 Å². The summed E-state index contributed by atoms with van der Waals surface area (Å²) in [6.07, 6.45) is 2.92. The van der Waals surface area contributed by atoms with Crippen LogP contribution in [0.1, 0.15) is 16.1 Å². The van der Waals surface area contributed by atoms with Crippen LogP contribution in [0.25, 0.3) is 0 Å². The number of nitrogens with zero attached hydrogens (tertiary/aromatic N) is 1. The number of ether oxygens (including phenoxy) is 1. The number of aromatic nitrogens is 2. The third kappa shape index (κ3) is 1.92. The number of carbonyl (C=O) groups excluding carboxylic acids is 1. The summed E-state index contributed by atoms with van der Waals surface area (Å²) in [7, 11) is 1.50. The van der Waals surface area contributed by atoms with E-state index in [1.807, 2.05) is 0 Å². The van der Waals surface area contributed by atoms with Crippen LogP contribution in [0, 0.1) is 0 Å². The fourth-order valence-electron chi connectivity index (χ4n) is 1.38. The van der Waals surface area contributed by atoms with Gasteiger partial charge in [-0.25, -0.2) is 4.98 Å². The zero-order chi connectivity index (χ0) is 11.5. The number of nitrogens with one attached hydrogen (secondary N) is 1. The second-order valence-electron chi connectivity index (χ2n) is 3.14. The number of benzene rings is 1. The molecule has 1 aromatic heterocycles. The fourth-order valence-corrected chi connectivity index (χ4v) is 1.54. The van der Waals surface area contributed by atoms with Crippen molar-refractivity contribution in [3.63, 3.8) is 0 Å². The number of carbonyl (C=O) groups is 1. The molecule has 0 saturated heterocycles. The quantitative estimate of drug-likeness (QED) is 0.832. The molecule has 0 saturated carbocycles. The Hall–Kier alpha value is -1.81. The Balaban J connectivity index is 2.44. The third-order valence-corrected chi connectivity index (χ3v) is 2.39. The van der Waals surface area contributed by atoms with Gasteiger partial charge in [-0.05, 0) is 18.2 Å². The van der Waals surface area contributed by atoms with Crippen LogP contribution in [0.3, 0.4) is 0 Å². The maximum atomic E-state index is 12.0. The molecule has 0 amide bonds. The first kappa shape index (κ1) is 10.7. The summed E-state index contributed by atoms with van der Waals surface area (Å²) in [4.78, 5) is 18.6. The fraction of sp³-hybridized carbons (Fsp3) is 0.0909. The molecule has 5 heteroatoms. The van der Waals surface area contributed by atoms with Crippen LogP contribution in [0.2, 0.25) is 5.02 Å². The minimum Gasteiger partial charge on any atom is -0.496 e. The molecule has 0 radical (unpaired) electrons. The average molecular weight is 237 g/mol. The number of hydrogen-bond acceptors (Lipinski definition) is 3. The highest BCUT2D eigenvalue weighted by Gasteiger charge is 2.15. The maximum absolute atomic E-state index is 12.0. The van der Waals surface area contributed by atoms with Gasteiger partial charge >= 0.3 is 0 Å². The van der Waals surface area contributed by atoms with Gasteiger partial charge in [0, 0.05) is 5.02 Å². The van der Waals surface area contributed by atoms with E-state index in [4.69, 9.17) is 16.3 Å². The summed E-state index contributed by atoms with van der Waals surface area (Å²) in [6.45, 7) is 0. The van der Waals surface area contributed by atoms with E-state index in [0.717, 1.165) is 0 Å². The van der Waals surface area contributed by atoms with Crippen molar-refractivity contribution in [1.29, 1.82) is 0 Å². The third-order valence-electron chi connectivity index (χ3n) is 2.15. The Kier molecular flexibility index (Phi) is 2.92. The number of halogens is 1. The molecule has 4 nitrogen and oxygen atoms in total. The van der Waals surface area contributed by atoms with E-state index in [1.165, 1.54) is 19.6 Å². The average Bonchev–Trinajstić information content (AvgIpc) is 2.81. The molecule has 1 heterocycles. The lowest BCUT2D eigenvalue weighted by Gasteiger charge is -2.06. The van der Waals surface area contributed by atoms with Crippen LogP contribution in [0.4, 0.5) is 0 Å². The van der Waals surface area contributed by atoms with Gasteiger partial charge in [-0.2, -0.15) is 0 Å². The van der Waals surface area contributed by atoms with Crippen molar-refractivity contribution < 1.29 is 9.53 Å². The molecular formula is C11H9ClN2O2. The van der Waals surface area contributed by atoms with Crippen LogP contribution in [-0.4, -0.2) is 22.9 Å². The highest BCUT2D eigenvalue weighted by atomic mass is 35.5. The van der Waals surface area contributed by atoms with Crippen molar-refractivity contribution in [1.82, 2.24) is 9.97 Å². The number of methoxy groups -OCH3 is 1. The van der Waals surface area contributed by atoms with E-state index < -0.39 is 0 Å². The van der Waals surface area contributed by atoms with E-state index in [-0.39, 0.29) is 5.78 Å². The van der Waals surface area contributed by atoms with Crippen LogP contribution in [-0.2, 0) is 0 Å². The second-order valence-corrected chi connectivity index (χ2v) is 3.58. The number of ketones is 1. The van der Waals surface area contributed by atoms with Crippen LogP contribution in [0.15, 0.2) is 30.7 Å². The van der Waals surface area contributed by atoms with Crippen molar-refractivity contribution in [2.75, 3.05) is 7.11 Å². The number of H-pyrrole nitrogens is 1. The first-order valence-corrected chi connectivity index (χ1v) is 4.97. The summed E-state index contributed by atoms with van der Waals surface area (Å²) >= 11 is 5.81. The lowest BCUT2D eigenvalue weighted by molar-refractivity contribution is 0.103. The molecule has 0 unspecified atom stereocenters. The van der Waals surface area contributed by atoms with Gasteiger partial charge in [0.2, 0.25) is 5.78 Å². The summed E-state index contributed by atoms with van der Waals surface area (Å²) in [5.74, 6) is 0.276. The molecule has 0 atom stereocenters. The molecule has 0 fully saturated rings. The first-order valence-electron chi connectivity index (χ1n) is 4.59. The Morgan fingerprint density at radius 1 is 1.50 bits per heavy atom. The predicted octanol–water partition coefficient (Wildman–Crippen LogP) is 2.30. The van der Waals surface area contributed by atoms with E-state index >= 15 is 0 Å². The molecular weight excluding hydrogens is 228 g/mol. The van der Waals surface area contributed by atoms with Gasteiger partial charge in [-0.1, -0.05) is 11.6 Å². The first-order chi connectivity index (χ1) is 7.72. The Bertz CT molecular complexity index is 509. The van der Waals surface area contributed by atoms with Crippen molar-refractivity contribution in [3.8, 4) is 5.75 Å². The van der Waals surface area contributed by atoms with Gasteiger partial charge in [0.15, 0.2) is 0 Å². The van der Waals surface area contributed by atoms with Crippen LogP contribution in [0.5, 0.6) is 5.75 Å². The number of rotatable bonds is 3. The minimum absolute atomic E-state index is 0.175. The summed E-state index contributed by atoms with van der Waals surface area (Å²) < 4.78 is 5.11. The smallest absolute Gasteiger partial charge is 0.214 e. The lowest BCUT2D eigenvalue weighted by Crippen LogP contribution is -2.04. The molecule has 2 rings (SSSR count). The van der Waals surface area contributed by atoms with Crippen LogP contribution >= 0.6 is 11.6 Å². The molecule has 0 bridgehead atoms. The topological polar surface area (TPSA) is 55.0 Å². The van der Waals surface area contributed by atoms with E-state index in [2.05, 4.69) is 9.97 Å². The van der Waals surface area contributed by atoms with E-state index in [0.29, 0.717) is 22.0 Å². The molecule has 0 spiro atoms. The minimum atomic E-state index is -0.175. The molecule has 1 aromatic carbocycles. The summed E-state index contributed by atoms with van der Waals surface area (Å²) in [5, 5.41) is 0.526. The summed E-state index contributed by atoms with van der Waals surface area (Å²) in [5.41, 5.74) is 0.872. The summed E-state index contributed by atoms with van der Waals surface area (Å²) in [6, 6.07) is 4.88. The molecule has 2 aromatic rings. The standard InChI is InChI=1S/C11H9ClN2O2/c1-16-10-4-7(12)2-3-8(10)11(15)9-5-13-6-14-9/h2-6H,1H3,(H,13,14). The Labute approximate surface area is 97.2 Å². The largest absolute Gasteiger partial charge is 0.496 e. The zero-order valence-electron chi connectivity index (χ0n) is 8.53. The molecule has 0 aliphatic rings. The number of aromatic amines is 1. The number of hydrogen-bond donors (Lipinski definition) is 1. The monoisotopic (exact) mass is 236 g/mol. The molecule has 82 valence electrons. The lowest BCUT2D eigenvalue weighted by atomic mass is 10.1. The maximum Gasteiger partial charge on any atom is 0.214 e. The van der Waals surface area contributed by atoms with Crippen molar-refractivity contribution in [3.05, 3.63) is 47.0 Å². The van der Waals surface area contributed by atoms with Gasteiger partial charge < -0.3 is 9.72 Å². The second kappa shape index (κ2) is 4.37. The van der Waals surface area contributed by atoms with Gasteiger partial charge in [-0.15, -0.1) is 0 Å². The van der Waals surface area contributed by atoms with E-state index in [9.17, 15) is 4.79 Å². The van der Waals surface area contributed by atoms with Crippen LogP contribution < -0.4 is 4.74 Å². The normalized spacial score (nSPS) is 10.1. The van der Waals surface area contributed by atoms with Gasteiger partial charge in [0.05, 0.1) is 25.2 Å². The molecule has 1 N–H and O–H groups in total. The zero-order valence-corrected chi connectivity index (χ0v) is 9.28. The van der Waals surface area contributed by atoms with Crippen molar-refractivity contribution in [2.24, 2.45) is 0 Å². The highest BCUT2D eigenvalue weighted by molar-refractivity contribution is 6.31. The number of imidazole rings is 1. The molecule has 16 heavy (non-hydrogen) atoms. The molecule has 0 aliphatic carbocycles. The Morgan fingerprint density at radius 3 is 2.94 bits per heavy atom.